The maximum Gasteiger partial charge on any atom is 0.337 e. The lowest BCUT2D eigenvalue weighted by Gasteiger charge is -2.19. The molecule has 0 saturated carbocycles. The standard InChI is InChI=1S/C21H31N7O5/c1-21(2,3)33-17(29)13-22-8-6-7-9-23-20(31)24-16-11-14(18-25-26-27-28(18)4)10-15(12-16)19(30)32-5/h10-12,22H,6-9,13H2,1-5H3,(H2,23,24,31). The Hall–Kier alpha value is -3.54. The van der Waals surface area contributed by atoms with E-state index in [2.05, 4.69) is 31.5 Å². The number of hydrogen-bond acceptors (Lipinski definition) is 9. The Morgan fingerprint density at radius 3 is 2.45 bits per heavy atom. The van der Waals surface area contributed by atoms with E-state index in [4.69, 9.17) is 9.47 Å². The molecule has 0 aliphatic rings. The molecule has 2 rings (SSSR count). The number of carbonyl (C=O) groups is 3. The van der Waals surface area contributed by atoms with Gasteiger partial charge in [-0.3, -0.25) is 4.79 Å². The van der Waals surface area contributed by atoms with Gasteiger partial charge >= 0.3 is 18.0 Å². The van der Waals surface area contributed by atoms with Gasteiger partial charge in [0, 0.05) is 24.8 Å². The van der Waals surface area contributed by atoms with Crippen LogP contribution in [-0.2, 0) is 21.3 Å². The van der Waals surface area contributed by atoms with Gasteiger partial charge in [0.25, 0.3) is 0 Å². The van der Waals surface area contributed by atoms with E-state index in [-0.39, 0.29) is 18.1 Å². The van der Waals surface area contributed by atoms with Gasteiger partial charge in [-0.2, -0.15) is 0 Å². The van der Waals surface area contributed by atoms with Gasteiger partial charge in [0.15, 0.2) is 5.82 Å². The second-order valence-corrected chi connectivity index (χ2v) is 8.27. The van der Waals surface area contributed by atoms with Crippen molar-refractivity contribution in [2.75, 3.05) is 32.1 Å². The maximum atomic E-state index is 12.3. The molecule has 0 unspecified atom stereocenters. The van der Waals surface area contributed by atoms with Crippen LogP contribution in [0.15, 0.2) is 18.2 Å². The lowest BCUT2D eigenvalue weighted by atomic mass is 10.1. The second kappa shape index (κ2) is 11.9. The lowest BCUT2D eigenvalue weighted by Crippen LogP contribution is -2.32. The Bertz CT molecular complexity index is 968. The summed E-state index contributed by atoms with van der Waals surface area (Å²) in [4.78, 5) is 35.9. The zero-order valence-electron chi connectivity index (χ0n) is 19.6. The molecule has 1 heterocycles. The molecular formula is C21H31N7O5. The van der Waals surface area contributed by atoms with Crippen LogP contribution in [0.3, 0.4) is 0 Å². The van der Waals surface area contributed by atoms with Gasteiger partial charge in [-0.15, -0.1) is 5.10 Å². The minimum atomic E-state index is -0.547. The molecule has 0 bridgehead atoms. The second-order valence-electron chi connectivity index (χ2n) is 8.27. The molecule has 33 heavy (non-hydrogen) atoms. The molecule has 1 aromatic carbocycles. The van der Waals surface area contributed by atoms with Crippen LogP contribution in [0, 0.1) is 0 Å². The molecule has 0 aliphatic carbocycles. The third-order valence-corrected chi connectivity index (χ3v) is 4.25. The summed E-state index contributed by atoms with van der Waals surface area (Å²) >= 11 is 0. The molecule has 0 saturated heterocycles. The molecule has 0 aliphatic heterocycles. The molecule has 0 radical (unpaired) electrons. The molecule has 0 atom stereocenters. The molecule has 12 nitrogen and oxygen atoms in total. The fraction of sp³-hybridized carbons (Fsp3) is 0.524. The Balaban J connectivity index is 1.81. The summed E-state index contributed by atoms with van der Waals surface area (Å²) in [5.74, 6) is -0.414. The SMILES string of the molecule is COC(=O)c1cc(NC(=O)NCCCCNCC(=O)OC(C)(C)C)cc(-c2nnnn2C)c1. The first kappa shape index (κ1) is 25.7. The number of nitrogens with zero attached hydrogens (tertiary/aromatic N) is 4. The number of ether oxygens (including phenoxy) is 2. The number of rotatable bonds is 10. The zero-order valence-corrected chi connectivity index (χ0v) is 19.6. The highest BCUT2D eigenvalue weighted by atomic mass is 16.6. The predicted molar refractivity (Wildman–Crippen MR) is 121 cm³/mol. The highest BCUT2D eigenvalue weighted by Gasteiger charge is 2.16. The van der Waals surface area contributed by atoms with Gasteiger partial charge in [0.05, 0.1) is 19.2 Å². The van der Waals surface area contributed by atoms with Crippen molar-refractivity contribution in [3.05, 3.63) is 23.8 Å². The number of hydrogen-bond donors (Lipinski definition) is 3. The largest absolute Gasteiger partial charge is 0.465 e. The van der Waals surface area contributed by atoms with E-state index in [1.54, 1.807) is 19.2 Å². The fourth-order valence-corrected chi connectivity index (χ4v) is 2.86. The van der Waals surface area contributed by atoms with Crippen LogP contribution in [0.2, 0.25) is 0 Å². The monoisotopic (exact) mass is 461 g/mol. The number of unbranched alkanes of at least 4 members (excludes halogenated alkanes) is 1. The third-order valence-electron chi connectivity index (χ3n) is 4.25. The van der Waals surface area contributed by atoms with E-state index in [0.29, 0.717) is 36.6 Å². The summed E-state index contributed by atoms with van der Waals surface area (Å²) in [5.41, 5.74) is 0.701. The van der Waals surface area contributed by atoms with Crippen molar-refractivity contribution < 1.29 is 23.9 Å². The molecule has 12 heteroatoms. The molecule has 3 N–H and O–H groups in total. The Labute approximate surface area is 192 Å². The summed E-state index contributed by atoms with van der Waals surface area (Å²) in [7, 11) is 2.95. The highest BCUT2D eigenvalue weighted by molar-refractivity contribution is 5.95. The minimum absolute atomic E-state index is 0.144. The number of tetrazole rings is 1. The Morgan fingerprint density at radius 1 is 1.09 bits per heavy atom. The summed E-state index contributed by atoms with van der Waals surface area (Å²) < 4.78 is 11.5. The van der Waals surface area contributed by atoms with Gasteiger partial charge in [-0.1, -0.05) is 0 Å². The quantitative estimate of drug-likeness (QED) is 0.353. The topological polar surface area (TPSA) is 149 Å². The van der Waals surface area contributed by atoms with Crippen LogP contribution >= 0.6 is 0 Å². The number of anilines is 1. The fourth-order valence-electron chi connectivity index (χ4n) is 2.86. The van der Waals surface area contributed by atoms with Gasteiger partial charge in [0.2, 0.25) is 0 Å². The number of carbonyl (C=O) groups excluding carboxylic acids is 3. The average Bonchev–Trinajstić information content (AvgIpc) is 3.16. The molecule has 2 aromatic rings. The summed E-state index contributed by atoms with van der Waals surface area (Å²) in [6, 6.07) is 4.35. The van der Waals surface area contributed by atoms with Gasteiger partial charge in [-0.25, -0.2) is 14.3 Å². The van der Waals surface area contributed by atoms with Crippen molar-refractivity contribution in [2.45, 2.75) is 39.2 Å². The Kier molecular flexibility index (Phi) is 9.28. The van der Waals surface area contributed by atoms with Crippen molar-refractivity contribution in [2.24, 2.45) is 7.05 Å². The highest BCUT2D eigenvalue weighted by Crippen LogP contribution is 2.23. The predicted octanol–water partition coefficient (Wildman–Crippen LogP) is 1.50. The molecule has 0 spiro atoms. The van der Waals surface area contributed by atoms with Gasteiger partial charge in [-0.05, 0) is 68.8 Å². The lowest BCUT2D eigenvalue weighted by molar-refractivity contribution is -0.153. The number of aryl methyl sites for hydroxylation is 1. The maximum absolute atomic E-state index is 12.3. The first-order valence-corrected chi connectivity index (χ1v) is 10.5. The number of nitrogens with one attached hydrogen (secondary N) is 3. The van der Waals surface area contributed by atoms with Crippen LogP contribution in [-0.4, -0.2) is 70.5 Å². The van der Waals surface area contributed by atoms with E-state index >= 15 is 0 Å². The summed E-state index contributed by atoms with van der Waals surface area (Å²) in [6.45, 7) is 6.67. The van der Waals surface area contributed by atoms with Crippen LogP contribution in [0.4, 0.5) is 10.5 Å². The number of methoxy groups -OCH3 is 1. The molecule has 2 amide bonds. The van der Waals surface area contributed by atoms with E-state index in [1.165, 1.54) is 17.9 Å². The third kappa shape index (κ3) is 8.85. The summed E-state index contributed by atoms with van der Waals surface area (Å²) in [5, 5.41) is 19.8. The van der Waals surface area contributed by atoms with Crippen molar-refractivity contribution in [1.29, 1.82) is 0 Å². The van der Waals surface area contributed by atoms with Crippen LogP contribution in [0.25, 0.3) is 11.4 Å². The first-order valence-electron chi connectivity index (χ1n) is 10.5. The molecule has 0 fully saturated rings. The number of aromatic nitrogens is 4. The first-order chi connectivity index (χ1) is 15.6. The van der Waals surface area contributed by atoms with Crippen molar-refractivity contribution >= 4 is 23.7 Å². The van der Waals surface area contributed by atoms with Crippen LogP contribution < -0.4 is 16.0 Å². The van der Waals surface area contributed by atoms with E-state index in [0.717, 1.165) is 6.42 Å². The van der Waals surface area contributed by atoms with E-state index in [9.17, 15) is 14.4 Å². The number of amides is 2. The molecule has 180 valence electrons. The molecule has 1 aromatic heterocycles. The zero-order chi connectivity index (χ0) is 24.4. The van der Waals surface area contributed by atoms with Crippen molar-refractivity contribution in [3.63, 3.8) is 0 Å². The van der Waals surface area contributed by atoms with Crippen molar-refractivity contribution in [3.8, 4) is 11.4 Å². The number of esters is 2. The number of benzene rings is 1. The van der Waals surface area contributed by atoms with E-state index < -0.39 is 17.6 Å². The number of urea groups is 1. The van der Waals surface area contributed by atoms with Gasteiger partial charge in [0.1, 0.15) is 5.60 Å². The van der Waals surface area contributed by atoms with Crippen LogP contribution in [0.1, 0.15) is 44.0 Å². The minimum Gasteiger partial charge on any atom is -0.465 e. The van der Waals surface area contributed by atoms with Crippen molar-refractivity contribution in [1.82, 2.24) is 30.8 Å². The van der Waals surface area contributed by atoms with Gasteiger partial charge < -0.3 is 25.4 Å². The molecular weight excluding hydrogens is 430 g/mol. The van der Waals surface area contributed by atoms with E-state index in [1.807, 2.05) is 20.8 Å². The smallest absolute Gasteiger partial charge is 0.337 e. The summed E-state index contributed by atoms with van der Waals surface area (Å²) in [6.07, 6.45) is 1.48. The Morgan fingerprint density at radius 2 is 1.82 bits per heavy atom. The van der Waals surface area contributed by atoms with Crippen LogP contribution in [0.5, 0.6) is 0 Å². The average molecular weight is 462 g/mol. The normalized spacial score (nSPS) is 11.1.